The maximum atomic E-state index is 12.5. The predicted molar refractivity (Wildman–Crippen MR) is 152 cm³/mol. The Kier molecular flexibility index (Phi) is 11.8. The van der Waals surface area contributed by atoms with Crippen LogP contribution in [0.25, 0.3) is 0 Å². The summed E-state index contributed by atoms with van der Waals surface area (Å²) in [6.07, 6.45) is -0.121. The van der Waals surface area contributed by atoms with Crippen molar-refractivity contribution in [2.45, 2.75) is 128 Å². The van der Waals surface area contributed by atoms with Gasteiger partial charge in [0.2, 0.25) is 7.83 Å². The number of rotatable bonds is 14. The van der Waals surface area contributed by atoms with Gasteiger partial charge < -0.3 is 29.4 Å². The molecule has 11 heteroatoms. The van der Waals surface area contributed by atoms with Crippen LogP contribution in [0, 0.1) is 0 Å². The molecule has 1 saturated heterocycles. The van der Waals surface area contributed by atoms with Gasteiger partial charge >= 0.3 is 5.69 Å². The third-order valence-electron chi connectivity index (χ3n) is 7.56. The van der Waals surface area contributed by atoms with Crippen molar-refractivity contribution in [1.29, 1.82) is 0 Å². The number of unbranched alkanes of at least 4 members (excludes halogenated alkanes) is 2. The van der Waals surface area contributed by atoms with Crippen LogP contribution in [0.3, 0.4) is 0 Å². The lowest BCUT2D eigenvalue weighted by Crippen LogP contribution is -2.63. The van der Waals surface area contributed by atoms with Crippen LogP contribution in [-0.4, -0.2) is 79.1 Å². The summed E-state index contributed by atoms with van der Waals surface area (Å²) in [5, 5.41) is 31.0. The van der Waals surface area contributed by atoms with Crippen LogP contribution in [0.5, 0.6) is 5.75 Å². The van der Waals surface area contributed by atoms with Crippen LogP contribution in [-0.2, 0) is 4.74 Å². The molecule has 1 aromatic heterocycles. The van der Waals surface area contributed by atoms with Gasteiger partial charge in [0.05, 0.1) is 21.1 Å². The molecule has 37 heavy (non-hydrogen) atoms. The molecule has 1 fully saturated rings. The molecule has 0 spiro atoms. The molecule has 2 rings (SSSR count). The maximum Gasteiger partial charge on any atom is 0.346 e. The Balaban J connectivity index is 2.69. The van der Waals surface area contributed by atoms with E-state index in [1.807, 2.05) is 0 Å². The van der Waals surface area contributed by atoms with Crippen molar-refractivity contribution in [3.63, 3.8) is 0 Å². The number of hydrogen-bond donors (Lipinski definition) is 4. The lowest BCUT2D eigenvalue weighted by atomic mass is 10.1. The third-order valence-corrected chi connectivity index (χ3v) is 24.9. The second kappa shape index (κ2) is 13.7. The highest BCUT2D eigenvalue weighted by Gasteiger charge is 2.54. The molecular formula is C26H50N3O6Si2. The Hall–Kier alpha value is -1.25. The second-order valence-electron chi connectivity index (χ2n) is 11.5. The van der Waals surface area contributed by atoms with Crippen molar-refractivity contribution in [1.82, 2.24) is 9.97 Å². The fourth-order valence-electron chi connectivity index (χ4n) is 6.08. The van der Waals surface area contributed by atoms with Gasteiger partial charge in [0.1, 0.15) is 18.3 Å². The number of H-pyrrole nitrogens is 1. The summed E-state index contributed by atoms with van der Waals surface area (Å²) in [6, 6.07) is 0. The summed E-state index contributed by atoms with van der Waals surface area (Å²) in [5.74, 6) is 0.907. The first-order valence-electron chi connectivity index (χ1n) is 13.9. The topological polar surface area (TPSA) is 128 Å². The number of nitrogens with one attached hydrogen (secondary N) is 1. The molecule has 0 amide bonds. The number of hydrogen-bond acceptors (Lipinski definition) is 8. The number of anilines is 1. The molecule has 1 radical (unpaired) electrons. The molecule has 0 aromatic carbocycles. The van der Waals surface area contributed by atoms with E-state index in [2.05, 4.69) is 72.3 Å². The van der Waals surface area contributed by atoms with E-state index in [1.165, 1.54) is 6.20 Å². The molecule has 0 bridgehead atoms. The lowest BCUT2D eigenvalue weighted by molar-refractivity contribution is -0.0228. The summed E-state index contributed by atoms with van der Waals surface area (Å²) in [4.78, 5) is 21.2. The van der Waals surface area contributed by atoms with E-state index in [0.29, 0.717) is 40.3 Å². The monoisotopic (exact) mass is 556 g/mol. The van der Waals surface area contributed by atoms with Gasteiger partial charge in [0, 0.05) is 6.54 Å². The molecule has 1 aromatic rings. The van der Waals surface area contributed by atoms with Crippen LogP contribution in [0.4, 0.5) is 5.82 Å². The first-order valence-corrected chi connectivity index (χ1v) is 18.6. The van der Waals surface area contributed by atoms with E-state index in [1.54, 1.807) is 4.90 Å². The molecule has 1 aliphatic heterocycles. The van der Waals surface area contributed by atoms with Crippen LogP contribution in [0.15, 0.2) is 11.0 Å². The van der Waals surface area contributed by atoms with Gasteiger partial charge in [-0.15, -0.1) is 0 Å². The number of ether oxygens (including phenoxy) is 1. The van der Waals surface area contributed by atoms with Crippen LogP contribution < -0.4 is 15.0 Å². The van der Waals surface area contributed by atoms with E-state index < -0.39 is 53.0 Å². The Labute approximate surface area is 225 Å². The summed E-state index contributed by atoms with van der Waals surface area (Å²) in [6.45, 7) is 20.4. The van der Waals surface area contributed by atoms with Gasteiger partial charge in [-0.2, -0.15) is 4.98 Å². The molecule has 2 heterocycles. The van der Waals surface area contributed by atoms with Gasteiger partial charge in [-0.1, -0.05) is 86.2 Å². The molecule has 0 saturated carbocycles. The van der Waals surface area contributed by atoms with Gasteiger partial charge in [0.15, 0.2) is 17.8 Å². The summed E-state index contributed by atoms with van der Waals surface area (Å²) >= 11 is 0. The Morgan fingerprint density at radius 1 is 1.08 bits per heavy atom. The van der Waals surface area contributed by atoms with Crippen LogP contribution in [0.1, 0.15) is 81.6 Å². The minimum Gasteiger partial charge on any atom is -0.543 e. The Morgan fingerprint density at radius 2 is 1.68 bits per heavy atom. The molecule has 0 aliphatic carbocycles. The average molecular weight is 557 g/mol. The number of aromatic nitrogens is 2. The highest BCUT2D eigenvalue weighted by atomic mass is 29.2. The van der Waals surface area contributed by atoms with Crippen LogP contribution in [0.2, 0.25) is 22.2 Å². The van der Waals surface area contributed by atoms with E-state index >= 15 is 0 Å². The SMILES string of the molecule is CCCCCN(c1[nH]c(=O)ncc1O[Si](C(C)C)(C(C)C)[Si](C(C)C)C(C)C)[C@@H]1O[C@H](CO)[C@@H](O)[C@@H]1O. The smallest absolute Gasteiger partial charge is 0.346 e. The fourth-order valence-corrected chi connectivity index (χ4v) is 23.1. The molecule has 9 nitrogen and oxygen atoms in total. The number of aliphatic hydroxyl groups excluding tert-OH is 3. The van der Waals surface area contributed by atoms with E-state index in [0.717, 1.165) is 19.3 Å². The van der Waals surface area contributed by atoms with Crippen molar-refractivity contribution >= 4 is 22.0 Å². The summed E-state index contributed by atoms with van der Waals surface area (Å²) in [7, 11) is -3.42. The molecule has 1 aliphatic rings. The Bertz CT molecular complexity index is 881. The van der Waals surface area contributed by atoms with Gasteiger partial charge in [-0.3, -0.25) is 4.98 Å². The molecule has 213 valence electrons. The van der Waals surface area contributed by atoms with Gasteiger partial charge in [0.25, 0.3) is 0 Å². The van der Waals surface area contributed by atoms with Crippen molar-refractivity contribution in [3.05, 3.63) is 16.7 Å². The Morgan fingerprint density at radius 3 is 2.14 bits per heavy atom. The lowest BCUT2D eigenvalue weighted by Gasteiger charge is -2.47. The van der Waals surface area contributed by atoms with Crippen molar-refractivity contribution in [2.75, 3.05) is 18.1 Å². The van der Waals surface area contributed by atoms with Gasteiger partial charge in [-0.05, 0) is 17.5 Å². The van der Waals surface area contributed by atoms with Crippen LogP contribution >= 0.6 is 0 Å². The highest BCUT2D eigenvalue weighted by molar-refractivity contribution is 7.32. The summed E-state index contributed by atoms with van der Waals surface area (Å²) < 4.78 is 13.1. The number of nitrogens with zero attached hydrogens (tertiary/aromatic N) is 2. The average Bonchev–Trinajstić information content (AvgIpc) is 3.10. The quantitative estimate of drug-likeness (QED) is 0.202. The van der Waals surface area contributed by atoms with Crippen molar-refractivity contribution in [3.8, 4) is 5.75 Å². The number of aromatic amines is 1. The first kappa shape index (κ1) is 32.0. The molecule has 4 N–H and O–H groups in total. The molecular weight excluding hydrogens is 506 g/mol. The number of aliphatic hydroxyl groups is 3. The second-order valence-corrected chi connectivity index (χ2v) is 22.9. The van der Waals surface area contributed by atoms with Crippen molar-refractivity contribution < 1.29 is 24.5 Å². The third kappa shape index (κ3) is 6.85. The largest absolute Gasteiger partial charge is 0.543 e. The first-order chi connectivity index (χ1) is 17.3. The zero-order valence-electron chi connectivity index (χ0n) is 24.2. The minimum atomic E-state index is -2.45. The molecule has 4 atom stereocenters. The maximum absolute atomic E-state index is 12.5. The van der Waals surface area contributed by atoms with Gasteiger partial charge in [-0.25, -0.2) is 4.79 Å². The minimum absolute atomic E-state index is 0.327. The fraction of sp³-hybridized carbons (Fsp3) is 0.846. The predicted octanol–water partition coefficient (Wildman–Crippen LogP) is 3.74. The van der Waals surface area contributed by atoms with Crippen molar-refractivity contribution in [2.24, 2.45) is 0 Å². The van der Waals surface area contributed by atoms with E-state index in [9.17, 15) is 20.1 Å². The zero-order chi connectivity index (χ0) is 28.1. The molecule has 0 unspecified atom stereocenters. The standard InChI is InChI=1S/C26H50N3O6Si2/c1-10-11-12-13-29(25-23(32)22(31)21(15-30)34-25)24-20(14-27-26(33)28-24)35-37(18(6)7,19(8)9)36(16(2)3)17(4)5/h14,16-19,21-23,25,30-32H,10-13,15H2,1-9H3,(H,27,28,33)/t21-,22-,23+,25-/m1/s1. The van der Waals surface area contributed by atoms with E-state index in [-0.39, 0.29) is 0 Å². The summed E-state index contributed by atoms with van der Waals surface area (Å²) in [5.41, 5.74) is 1.14. The highest BCUT2D eigenvalue weighted by Crippen LogP contribution is 2.45. The van der Waals surface area contributed by atoms with E-state index in [4.69, 9.17) is 9.16 Å². The zero-order valence-corrected chi connectivity index (χ0v) is 26.2. The normalized spacial score (nSPS) is 22.7.